The molecule has 86 valence electrons. The lowest BCUT2D eigenvalue weighted by atomic mass is 9.93. The Morgan fingerprint density at radius 3 is 1.94 bits per heavy atom. The fourth-order valence-electron chi connectivity index (χ4n) is 1.28. The van der Waals surface area contributed by atoms with Gasteiger partial charge in [-0.25, -0.2) is 22.4 Å². The summed E-state index contributed by atoms with van der Waals surface area (Å²) in [6.07, 6.45) is 1.10. The molecule has 0 amide bonds. The molecule has 0 N–H and O–H groups in total. The van der Waals surface area contributed by atoms with Crippen LogP contribution in [-0.4, -0.2) is 6.08 Å². The molecular weight excluding hydrogens is 226 g/mol. The van der Waals surface area contributed by atoms with Gasteiger partial charge in [0.05, 0.1) is 11.1 Å². The van der Waals surface area contributed by atoms with E-state index >= 15 is 0 Å². The maximum Gasteiger partial charge on any atom is 0.235 e. The fraction of sp³-hybridized carbons (Fsp3) is 0.300. The Balaban J connectivity index is 3.61. The number of isocyanates is 1. The average molecular weight is 233 g/mol. The van der Waals surface area contributed by atoms with Crippen LogP contribution in [0.3, 0.4) is 0 Å². The van der Waals surface area contributed by atoms with Crippen LogP contribution in [0.4, 0.5) is 17.6 Å². The number of nitrogens with zero attached hydrogens (tertiary/aromatic N) is 1. The first kappa shape index (κ1) is 12.4. The van der Waals surface area contributed by atoms with Gasteiger partial charge in [-0.1, -0.05) is 0 Å². The Labute approximate surface area is 88.6 Å². The number of carbonyl (C=O) groups excluding carboxylic acids is 1. The van der Waals surface area contributed by atoms with Crippen molar-refractivity contribution >= 4 is 6.08 Å². The van der Waals surface area contributed by atoms with Gasteiger partial charge >= 0.3 is 0 Å². The molecular formula is C10H7F4NO. The standard InChI is InChI=1S/C10H7F4NO/c1-10(2,15-4-16)7-8(13)5(11)3-6(12)9(7)14/h3H,1-2H3. The van der Waals surface area contributed by atoms with Crippen LogP contribution in [0.5, 0.6) is 0 Å². The molecule has 0 heterocycles. The molecule has 0 radical (unpaired) electrons. The Morgan fingerprint density at radius 1 is 1.12 bits per heavy atom. The minimum Gasteiger partial charge on any atom is -0.211 e. The molecule has 2 nitrogen and oxygen atoms in total. The minimum atomic E-state index is -1.72. The van der Waals surface area contributed by atoms with E-state index in [0.29, 0.717) is 0 Å². The summed E-state index contributed by atoms with van der Waals surface area (Å²) in [5.74, 6) is -6.21. The Hall–Kier alpha value is -1.68. The number of hydrogen-bond acceptors (Lipinski definition) is 2. The summed E-state index contributed by atoms with van der Waals surface area (Å²) in [7, 11) is 0. The third-order valence-corrected chi connectivity index (χ3v) is 2.05. The fourth-order valence-corrected chi connectivity index (χ4v) is 1.28. The van der Waals surface area contributed by atoms with E-state index < -0.39 is 34.4 Å². The monoisotopic (exact) mass is 233 g/mol. The van der Waals surface area contributed by atoms with Crippen LogP contribution >= 0.6 is 0 Å². The Bertz CT molecular complexity index is 452. The first-order valence-electron chi connectivity index (χ1n) is 4.23. The second kappa shape index (κ2) is 4.06. The van der Waals surface area contributed by atoms with Crippen molar-refractivity contribution in [2.75, 3.05) is 0 Å². The first-order chi connectivity index (χ1) is 7.31. The smallest absolute Gasteiger partial charge is 0.211 e. The third kappa shape index (κ3) is 1.97. The molecule has 1 aromatic carbocycles. The van der Waals surface area contributed by atoms with E-state index in [4.69, 9.17) is 0 Å². The van der Waals surface area contributed by atoms with Gasteiger partial charge in [0.2, 0.25) is 6.08 Å². The van der Waals surface area contributed by atoms with Crippen LogP contribution in [0.15, 0.2) is 11.1 Å². The number of hydrogen-bond donors (Lipinski definition) is 0. The zero-order chi connectivity index (χ0) is 12.5. The van der Waals surface area contributed by atoms with E-state index in [9.17, 15) is 22.4 Å². The van der Waals surface area contributed by atoms with E-state index in [0.717, 1.165) is 19.9 Å². The molecule has 0 fully saturated rings. The summed E-state index contributed by atoms with van der Waals surface area (Å²) in [5.41, 5.74) is -2.66. The van der Waals surface area contributed by atoms with Crippen molar-refractivity contribution in [3.63, 3.8) is 0 Å². The lowest BCUT2D eigenvalue weighted by Crippen LogP contribution is -2.20. The maximum atomic E-state index is 13.3. The number of benzene rings is 1. The van der Waals surface area contributed by atoms with Crippen LogP contribution in [-0.2, 0) is 10.3 Å². The van der Waals surface area contributed by atoms with E-state index in [2.05, 4.69) is 4.99 Å². The summed E-state index contributed by atoms with van der Waals surface area (Å²) >= 11 is 0. The molecule has 0 bridgehead atoms. The van der Waals surface area contributed by atoms with Gasteiger partial charge in [0.15, 0.2) is 23.3 Å². The molecule has 1 rings (SSSR count). The van der Waals surface area contributed by atoms with Gasteiger partial charge in [-0.3, -0.25) is 0 Å². The molecule has 0 atom stereocenters. The second-order valence-corrected chi connectivity index (χ2v) is 3.61. The van der Waals surface area contributed by atoms with Crippen molar-refractivity contribution in [1.82, 2.24) is 0 Å². The zero-order valence-electron chi connectivity index (χ0n) is 8.44. The molecule has 0 spiro atoms. The highest BCUT2D eigenvalue weighted by molar-refractivity contribution is 5.38. The van der Waals surface area contributed by atoms with Gasteiger partial charge in [0.1, 0.15) is 0 Å². The predicted molar refractivity (Wildman–Crippen MR) is 47.4 cm³/mol. The van der Waals surface area contributed by atoms with Gasteiger partial charge < -0.3 is 0 Å². The third-order valence-electron chi connectivity index (χ3n) is 2.05. The van der Waals surface area contributed by atoms with Crippen molar-refractivity contribution in [1.29, 1.82) is 0 Å². The summed E-state index contributed by atoms with van der Waals surface area (Å²) in [6, 6.07) is 0.0921. The van der Waals surface area contributed by atoms with Crippen LogP contribution in [0, 0.1) is 23.3 Å². The highest BCUT2D eigenvalue weighted by Crippen LogP contribution is 2.31. The normalized spacial score (nSPS) is 11.1. The molecule has 0 aliphatic rings. The largest absolute Gasteiger partial charge is 0.235 e. The molecule has 0 aromatic heterocycles. The van der Waals surface area contributed by atoms with Gasteiger partial charge in [0, 0.05) is 6.07 Å². The van der Waals surface area contributed by atoms with Crippen molar-refractivity contribution in [2.45, 2.75) is 19.4 Å². The van der Waals surface area contributed by atoms with Gasteiger partial charge in [-0.15, -0.1) is 0 Å². The second-order valence-electron chi connectivity index (χ2n) is 3.61. The Kier molecular flexibility index (Phi) is 3.14. The maximum absolute atomic E-state index is 13.3. The molecule has 1 aromatic rings. The van der Waals surface area contributed by atoms with Crippen molar-refractivity contribution in [3.05, 3.63) is 34.9 Å². The number of halogens is 4. The minimum absolute atomic E-state index is 0.0921. The van der Waals surface area contributed by atoms with Gasteiger partial charge in [-0.05, 0) is 13.8 Å². The summed E-state index contributed by atoms with van der Waals surface area (Å²) < 4.78 is 52.3. The molecule has 0 saturated carbocycles. The Morgan fingerprint density at radius 2 is 1.56 bits per heavy atom. The van der Waals surface area contributed by atoms with Gasteiger partial charge in [0.25, 0.3) is 0 Å². The number of aliphatic imine (C=N–C) groups is 1. The SMILES string of the molecule is CC(C)(N=C=O)c1c(F)c(F)cc(F)c1F. The molecule has 16 heavy (non-hydrogen) atoms. The lowest BCUT2D eigenvalue weighted by molar-refractivity contribution is 0.396. The molecule has 0 saturated heterocycles. The van der Waals surface area contributed by atoms with Crippen molar-refractivity contribution < 1.29 is 22.4 Å². The lowest BCUT2D eigenvalue weighted by Gasteiger charge is -2.19. The van der Waals surface area contributed by atoms with E-state index in [1.54, 1.807) is 0 Å². The summed E-state index contributed by atoms with van der Waals surface area (Å²) in [5, 5.41) is 0. The van der Waals surface area contributed by atoms with E-state index in [1.165, 1.54) is 0 Å². The first-order valence-corrected chi connectivity index (χ1v) is 4.23. The van der Waals surface area contributed by atoms with Crippen molar-refractivity contribution in [3.8, 4) is 0 Å². The van der Waals surface area contributed by atoms with Crippen LogP contribution in [0.1, 0.15) is 19.4 Å². The summed E-state index contributed by atoms with van der Waals surface area (Å²) in [4.78, 5) is 13.2. The molecule has 0 aliphatic heterocycles. The van der Waals surface area contributed by atoms with Crippen LogP contribution in [0.25, 0.3) is 0 Å². The predicted octanol–water partition coefficient (Wildman–Crippen LogP) is 2.81. The average Bonchev–Trinajstić information content (AvgIpc) is 2.14. The topological polar surface area (TPSA) is 29.4 Å². The quantitative estimate of drug-likeness (QED) is 0.334. The van der Waals surface area contributed by atoms with Crippen molar-refractivity contribution in [2.24, 2.45) is 4.99 Å². The highest BCUT2D eigenvalue weighted by Gasteiger charge is 2.31. The van der Waals surface area contributed by atoms with Crippen LogP contribution in [0.2, 0.25) is 0 Å². The van der Waals surface area contributed by atoms with E-state index in [1.807, 2.05) is 0 Å². The molecule has 0 aliphatic carbocycles. The van der Waals surface area contributed by atoms with Gasteiger partial charge in [-0.2, -0.15) is 4.99 Å². The molecule has 0 unspecified atom stereocenters. The molecule has 6 heteroatoms. The highest BCUT2D eigenvalue weighted by atomic mass is 19.2. The van der Waals surface area contributed by atoms with E-state index in [-0.39, 0.29) is 6.07 Å². The zero-order valence-corrected chi connectivity index (χ0v) is 8.44. The summed E-state index contributed by atoms with van der Waals surface area (Å²) in [6.45, 7) is 2.27. The van der Waals surface area contributed by atoms with Crippen LogP contribution < -0.4 is 0 Å². The number of rotatable bonds is 2.